The number of furan rings is 1. The van der Waals surface area contributed by atoms with Crippen LogP contribution in [0.5, 0.6) is 0 Å². The van der Waals surface area contributed by atoms with E-state index in [1.165, 1.54) is 21.8 Å². The number of hydrogen-bond donors (Lipinski definition) is 0. The molecular weight excluding hydrogens is 613 g/mol. The SMILES string of the molecule is c1ccc(-c2nc(-c3ccccc3)nc(-c3cccc4c3oc3cc(-c5cccc6c5c5ccccc5n6-c5ccccc5)ccc34)n2)cc1. The Kier molecular flexibility index (Phi) is 6.42. The minimum Gasteiger partial charge on any atom is -0.455 e. The summed E-state index contributed by atoms with van der Waals surface area (Å²) in [7, 11) is 0. The lowest BCUT2D eigenvalue weighted by Gasteiger charge is -2.08. The molecule has 5 nitrogen and oxygen atoms in total. The van der Waals surface area contributed by atoms with Crippen molar-refractivity contribution in [3.63, 3.8) is 0 Å². The van der Waals surface area contributed by atoms with Crippen molar-refractivity contribution in [2.45, 2.75) is 0 Å². The summed E-state index contributed by atoms with van der Waals surface area (Å²) in [5, 5.41) is 4.50. The van der Waals surface area contributed by atoms with Gasteiger partial charge < -0.3 is 8.98 Å². The predicted octanol–water partition coefficient (Wildman–Crippen LogP) is 11.5. The summed E-state index contributed by atoms with van der Waals surface area (Å²) in [6.45, 7) is 0. The minimum absolute atomic E-state index is 0.570. The van der Waals surface area contributed by atoms with Gasteiger partial charge in [-0.15, -0.1) is 0 Å². The number of rotatable bonds is 5. The lowest BCUT2D eigenvalue weighted by molar-refractivity contribution is 0.669. The quantitative estimate of drug-likeness (QED) is 0.188. The Bertz CT molecular complexity index is 2800. The van der Waals surface area contributed by atoms with Crippen LogP contribution in [0.1, 0.15) is 0 Å². The fraction of sp³-hybridized carbons (Fsp3) is 0. The van der Waals surface area contributed by atoms with Crippen molar-refractivity contribution < 1.29 is 4.42 Å². The Morgan fingerprint density at radius 2 is 0.980 bits per heavy atom. The molecule has 3 aromatic heterocycles. The molecule has 0 saturated heterocycles. The van der Waals surface area contributed by atoms with Gasteiger partial charge in [0.1, 0.15) is 11.2 Å². The monoisotopic (exact) mass is 640 g/mol. The zero-order valence-corrected chi connectivity index (χ0v) is 26.9. The van der Waals surface area contributed by atoms with Crippen LogP contribution in [0.4, 0.5) is 0 Å². The van der Waals surface area contributed by atoms with Crippen molar-refractivity contribution in [3.8, 4) is 51.0 Å². The lowest BCUT2D eigenvalue weighted by Crippen LogP contribution is -2.00. The van der Waals surface area contributed by atoms with Gasteiger partial charge in [0.05, 0.1) is 16.6 Å². The Labute approximate surface area is 287 Å². The summed E-state index contributed by atoms with van der Waals surface area (Å²) in [5.74, 6) is 1.81. The van der Waals surface area contributed by atoms with Gasteiger partial charge in [0.15, 0.2) is 17.5 Å². The van der Waals surface area contributed by atoms with Gasteiger partial charge in [0.25, 0.3) is 0 Å². The maximum atomic E-state index is 6.76. The van der Waals surface area contributed by atoms with Crippen molar-refractivity contribution in [1.29, 1.82) is 0 Å². The summed E-state index contributed by atoms with van der Waals surface area (Å²) < 4.78 is 9.11. The maximum Gasteiger partial charge on any atom is 0.167 e. The van der Waals surface area contributed by atoms with Crippen LogP contribution in [-0.2, 0) is 0 Å². The molecule has 0 aliphatic heterocycles. The lowest BCUT2D eigenvalue weighted by atomic mass is 9.98. The molecule has 0 bridgehead atoms. The highest BCUT2D eigenvalue weighted by molar-refractivity contribution is 6.17. The first kappa shape index (κ1) is 28.2. The van der Waals surface area contributed by atoms with Crippen LogP contribution < -0.4 is 0 Å². The highest BCUT2D eigenvalue weighted by atomic mass is 16.3. The largest absolute Gasteiger partial charge is 0.455 e. The van der Waals surface area contributed by atoms with E-state index in [1.807, 2.05) is 72.8 Å². The molecule has 0 aliphatic rings. The van der Waals surface area contributed by atoms with Gasteiger partial charge in [-0.25, -0.2) is 15.0 Å². The van der Waals surface area contributed by atoms with Gasteiger partial charge in [-0.3, -0.25) is 0 Å². The molecule has 0 aliphatic carbocycles. The summed E-state index contributed by atoms with van der Waals surface area (Å²) in [6.07, 6.45) is 0. The number of benzene rings is 7. The van der Waals surface area contributed by atoms with E-state index < -0.39 is 0 Å². The van der Waals surface area contributed by atoms with Crippen molar-refractivity contribution in [1.82, 2.24) is 19.5 Å². The van der Waals surface area contributed by atoms with E-state index in [0.717, 1.165) is 55.4 Å². The average Bonchev–Trinajstić information content (AvgIpc) is 3.74. The zero-order valence-electron chi connectivity index (χ0n) is 26.9. The van der Waals surface area contributed by atoms with E-state index in [9.17, 15) is 0 Å². The van der Waals surface area contributed by atoms with Gasteiger partial charge in [0, 0.05) is 38.4 Å². The normalized spacial score (nSPS) is 11.6. The average molecular weight is 641 g/mol. The molecule has 7 aromatic carbocycles. The maximum absolute atomic E-state index is 6.76. The number of hydrogen-bond acceptors (Lipinski definition) is 4. The van der Waals surface area contributed by atoms with E-state index in [2.05, 4.69) is 102 Å². The third-order valence-corrected chi connectivity index (χ3v) is 9.46. The number of aromatic nitrogens is 4. The van der Waals surface area contributed by atoms with Crippen LogP contribution in [0.3, 0.4) is 0 Å². The summed E-state index contributed by atoms with van der Waals surface area (Å²) in [6, 6.07) is 58.6. The summed E-state index contributed by atoms with van der Waals surface area (Å²) in [4.78, 5) is 14.9. The number of fused-ring (bicyclic) bond motifs is 6. The molecule has 0 spiro atoms. The fourth-order valence-corrected chi connectivity index (χ4v) is 7.19. The first-order chi connectivity index (χ1) is 24.8. The van der Waals surface area contributed by atoms with Crippen LogP contribution in [0, 0.1) is 0 Å². The molecule has 0 saturated carbocycles. The molecule has 50 heavy (non-hydrogen) atoms. The van der Waals surface area contributed by atoms with Crippen LogP contribution in [0.15, 0.2) is 174 Å². The molecule has 10 aromatic rings. The van der Waals surface area contributed by atoms with Crippen molar-refractivity contribution >= 4 is 43.7 Å². The third kappa shape index (κ3) is 4.52. The third-order valence-electron chi connectivity index (χ3n) is 9.46. The Balaban J connectivity index is 1.16. The summed E-state index contributed by atoms with van der Waals surface area (Å²) in [5.41, 5.74) is 9.99. The minimum atomic E-state index is 0.570. The van der Waals surface area contributed by atoms with E-state index >= 15 is 0 Å². The van der Waals surface area contributed by atoms with Gasteiger partial charge in [0.2, 0.25) is 0 Å². The molecule has 10 rings (SSSR count). The van der Waals surface area contributed by atoms with E-state index in [0.29, 0.717) is 17.5 Å². The molecular formula is C45H28N4O. The number of nitrogens with zero attached hydrogens (tertiary/aromatic N) is 4. The predicted molar refractivity (Wildman–Crippen MR) is 203 cm³/mol. The second-order valence-corrected chi connectivity index (χ2v) is 12.4. The Morgan fingerprint density at radius 3 is 1.72 bits per heavy atom. The second kappa shape index (κ2) is 11.4. The molecule has 0 fully saturated rings. The van der Waals surface area contributed by atoms with Gasteiger partial charge in [-0.2, -0.15) is 0 Å². The Morgan fingerprint density at radius 1 is 0.400 bits per heavy atom. The van der Waals surface area contributed by atoms with Crippen LogP contribution in [-0.4, -0.2) is 19.5 Å². The molecule has 0 amide bonds. The van der Waals surface area contributed by atoms with Crippen molar-refractivity contribution in [3.05, 3.63) is 170 Å². The molecule has 0 unspecified atom stereocenters. The molecule has 0 radical (unpaired) electrons. The smallest absolute Gasteiger partial charge is 0.167 e. The topological polar surface area (TPSA) is 56.7 Å². The number of para-hydroxylation sites is 3. The standard InChI is InChI=1S/C45H28N4O/c1-4-14-29(15-5-1)43-46-44(30-16-6-2-7-17-30)48-45(47-43)37-23-12-22-35-34-27-26-31(28-40(34)50-42(35)37)33-21-13-25-39-41(33)36-20-10-11-24-38(36)49(39)32-18-8-3-9-19-32/h1-28H. The second-order valence-electron chi connectivity index (χ2n) is 12.4. The van der Waals surface area contributed by atoms with E-state index in [-0.39, 0.29) is 0 Å². The highest BCUT2D eigenvalue weighted by Gasteiger charge is 2.20. The van der Waals surface area contributed by atoms with Crippen LogP contribution >= 0.6 is 0 Å². The van der Waals surface area contributed by atoms with Crippen molar-refractivity contribution in [2.75, 3.05) is 0 Å². The molecule has 0 N–H and O–H groups in total. The van der Waals surface area contributed by atoms with Crippen LogP contribution in [0.25, 0.3) is 94.7 Å². The fourth-order valence-electron chi connectivity index (χ4n) is 7.19. The van der Waals surface area contributed by atoms with Gasteiger partial charge >= 0.3 is 0 Å². The van der Waals surface area contributed by atoms with Gasteiger partial charge in [-0.05, 0) is 53.6 Å². The van der Waals surface area contributed by atoms with Crippen LogP contribution in [0.2, 0.25) is 0 Å². The van der Waals surface area contributed by atoms with Gasteiger partial charge in [-0.1, -0.05) is 127 Å². The first-order valence-electron chi connectivity index (χ1n) is 16.7. The molecule has 5 heteroatoms. The first-order valence-corrected chi connectivity index (χ1v) is 16.7. The molecule has 234 valence electrons. The summed E-state index contributed by atoms with van der Waals surface area (Å²) >= 11 is 0. The molecule has 0 atom stereocenters. The Hall–Kier alpha value is -6.85. The molecule has 3 heterocycles. The van der Waals surface area contributed by atoms with Crippen molar-refractivity contribution in [2.24, 2.45) is 0 Å². The van der Waals surface area contributed by atoms with E-state index in [1.54, 1.807) is 0 Å². The highest BCUT2D eigenvalue weighted by Crippen LogP contribution is 2.41. The zero-order chi connectivity index (χ0) is 33.0. The van der Waals surface area contributed by atoms with E-state index in [4.69, 9.17) is 19.4 Å².